The maximum Gasteiger partial charge on any atom is 0.273 e. The van der Waals surface area contributed by atoms with Crippen LogP contribution in [-0.4, -0.2) is 47.7 Å². The first-order valence-electron chi connectivity index (χ1n) is 7.62. The zero-order valence-electron chi connectivity index (χ0n) is 13.2. The van der Waals surface area contributed by atoms with Gasteiger partial charge in [-0.25, -0.2) is 4.98 Å². The second kappa shape index (κ2) is 6.68. The minimum Gasteiger partial charge on any atom is -0.496 e. The number of aliphatic hydroxyl groups is 1. The van der Waals surface area contributed by atoms with Crippen LogP contribution in [0.25, 0.3) is 10.6 Å². The highest BCUT2D eigenvalue weighted by atomic mass is 32.1. The first kappa shape index (κ1) is 16.0. The Morgan fingerprint density at radius 3 is 2.91 bits per heavy atom. The van der Waals surface area contributed by atoms with Crippen molar-refractivity contribution in [1.82, 2.24) is 9.88 Å². The molecular formula is C17H20N2O3S. The summed E-state index contributed by atoms with van der Waals surface area (Å²) in [5, 5.41) is 12.5. The number of ether oxygens (including phenoxy) is 1. The van der Waals surface area contributed by atoms with E-state index in [1.165, 1.54) is 11.3 Å². The molecule has 1 aliphatic rings. The Kier molecular flexibility index (Phi) is 4.63. The van der Waals surface area contributed by atoms with Crippen molar-refractivity contribution in [2.24, 2.45) is 5.92 Å². The predicted molar refractivity (Wildman–Crippen MR) is 89.8 cm³/mol. The van der Waals surface area contributed by atoms with Gasteiger partial charge in [0.15, 0.2) is 0 Å². The van der Waals surface area contributed by atoms with Gasteiger partial charge in [-0.1, -0.05) is 12.1 Å². The number of aromatic nitrogens is 1. The Balaban J connectivity index is 1.74. The van der Waals surface area contributed by atoms with Gasteiger partial charge in [0.25, 0.3) is 5.91 Å². The lowest BCUT2D eigenvalue weighted by Crippen LogP contribution is -2.35. The zero-order valence-corrected chi connectivity index (χ0v) is 14.0. The fraction of sp³-hybridized carbons (Fsp3) is 0.412. The maximum atomic E-state index is 12.4. The molecule has 1 fully saturated rings. The number of methoxy groups -OCH3 is 1. The van der Waals surface area contributed by atoms with Gasteiger partial charge in [0, 0.05) is 19.0 Å². The molecule has 23 heavy (non-hydrogen) atoms. The number of aliphatic hydroxyl groups excluding tert-OH is 1. The predicted octanol–water partition coefficient (Wildman–Crippen LogP) is 2.66. The van der Waals surface area contributed by atoms with Gasteiger partial charge < -0.3 is 14.7 Å². The second-order valence-corrected chi connectivity index (χ2v) is 6.69. The summed E-state index contributed by atoms with van der Waals surface area (Å²) in [4.78, 5) is 18.4. The first-order valence-corrected chi connectivity index (χ1v) is 8.50. The third-order valence-corrected chi connectivity index (χ3v) is 4.91. The summed E-state index contributed by atoms with van der Waals surface area (Å²) >= 11 is 1.41. The van der Waals surface area contributed by atoms with Crippen molar-refractivity contribution in [3.05, 3.63) is 35.3 Å². The maximum absolute atomic E-state index is 12.4. The van der Waals surface area contributed by atoms with Crippen molar-refractivity contribution in [2.45, 2.75) is 18.9 Å². The third kappa shape index (κ3) is 3.54. The quantitative estimate of drug-likeness (QED) is 0.883. The smallest absolute Gasteiger partial charge is 0.273 e. The summed E-state index contributed by atoms with van der Waals surface area (Å²) in [6, 6.07) is 7.61. The van der Waals surface area contributed by atoms with Crippen molar-refractivity contribution in [1.29, 1.82) is 0 Å². The van der Waals surface area contributed by atoms with Crippen LogP contribution >= 0.6 is 11.3 Å². The van der Waals surface area contributed by atoms with Crippen LogP contribution in [0, 0.1) is 5.92 Å². The molecule has 6 heteroatoms. The molecule has 1 heterocycles. The number of nitrogens with zero attached hydrogens (tertiary/aromatic N) is 2. The summed E-state index contributed by atoms with van der Waals surface area (Å²) < 4.78 is 5.34. The van der Waals surface area contributed by atoms with Crippen molar-refractivity contribution in [3.63, 3.8) is 0 Å². The van der Waals surface area contributed by atoms with Gasteiger partial charge in [-0.2, -0.15) is 0 Å². The molecule has 1 saturated carbocycles. The number of hydrogen-bond donors (Lipinski definition) is 1. The SMILES string of the molecule is COc1ccccc1-c1nc(C(=O)N(C)CC(O)C2CC2)cs1. The van der Waals surface area contributed by atoms with Crippen molar-refractivity contribution >= 4 is 17.2 Å². The summed E-state index contributed by atoms with van der Waals surface area (Å²) in [7, 11) is 3.32. The summed E-state index contributed by atoms with van der Waals surface area (Å²) in [5.74, 6) is 0.922. The number of likely N-dealkylation sites (N-methyl/N-ethyl adjacent to an activating group) is 1. The van der Waals surface area contributed by atoms with Crippen LogP contribution in [0.3, 0.4) is 0 Å². The molecule has 0 radical (unpaired) electrons. The number of amides is 1. The largest absolute Gasteiger partial charge is 0.496 e. The van der Waals surface area contributed by atoms with E-state index < -0.39 is 6.10 Å². The van der Waals surface area contributed by atoms with Crippen LogP contribution in [0.2, 0.25) is 0 Å². The number of carbonyl (C=O) groups is 1. The molecule has 1 unspecified atom stereocenters. The molecule has 122 valence electrons. The van der Waals surface area contributed by atoms with E-state index in [9.17, 15) is 9.90 Å². The minimum atomic E-state index is -0.434. The molecule has 1 aliphatic carbocycles. The Bertz CT molecular complexity index is 697. The third-order valence-electron chi connectivity index (χ3n) is 4.03. The summed E-state index contributed by atoms with van der Waals surface area (Å²) in [6.07, 6.45) is 1.67. The van der Waals surface area contributed by atoms with Crippen molar-refractivity contribution in [2.75, 3.05) is 20.7 Å². The van der Waals surface area contributed by atoms with E-state index in [1.54, 1.807) is 24.4 Å². The number of para-hydroxylation sites is 1. The number of hydrogen-bond acceptors (Lipinski definition) is 5. The van der Waals surface area contributed by atoms with E-state index in [1.807, 2.05) is 24.3 Å². The topological polar surface area (TPSA) is 62.7 Å². The van der Waals surface area contributed by atoms with E-state index >= 15 is 0 Å². The number of carbonyl (C=O) groups excluding carboxylic acids is 1. The van der Waals surface area contributed by atoms with Crippen LogP contribution in [0.5, 0.6) is 5.75 Å². The van der Waals surface area contributed by atoms with E-state index in [0.717, 1.165) is 29.2 Å². The molecular weight excluding hydrogens is 312 g/mol. The van der Waals surface area contributed by atoms with E-state index in [2.05, 4.69) is 4.98 Å². The highest BCUT2D eigenvalue weighted by Gasteiger charge is 2.31. The molecule has 0 saturated heterocycles. The summed E-state index contributed by atoms with van der Waals surface area (Å²) in [5.41, 5.74) is 1.28. The number of rotatable bonds is 6. The van der Waals surface area contributed by atoms with E-state index in [-0.39, 0.29) is 5.91 Å². The molecule has 1 aromatic carbocycles. The highest BCUT2D eigenvalue weighted by molar-refractivity contribution is 7.13. The number of thiazole rings is 1. The van der Waals surface area contributed by atoms with Gasteiger partial charge in [-0.05, 0) is 30.9 Å². The Morgan fingerprint density at radius 1 is 1.48 bits per heavy atom. The van der Waals surface area contributed by atoms with Gasteiger partial charge in [-0.3, -0.25) is 4.79 Å². The molecule has 1 N–H and O–H groups in total. The molecule has 1 aromatic heterocycles. The van der Waals surface area contributed by atoms with E-state index in [4.69, 9.17) is 4.74 Å². The summed E-state index contributed by atoms with van der Waals surface area (Å²) in [6.45, 7) is 0.352. The lowest BCUT2D eigenvalue weighted by atomic mass is 10.2. The number of benzene rings is 1. The molecule has 1 amide bonds. The molecule has 0 spiro atoms. The van der Waals surface area contributed by atoms with Crippen LogP contribution in [-0.2, 0) is 0 Å². The normalized spacial score (nSPS) is 15.3. The first-order chi connectivity index (χ1) is 11.1. The standard InChI is InChI=1S/C17H20N2O3S/c1-19(9-14(20)11-7-8-11)17(21)13-10-23-16(18-13)12-5-3-4-6-15(12)22-2/h3-6,10-11,14,20H,7-9H2,1-2H3. The van der Waals surface area contributed by atoms with E-state index in [0.29, 0.717) is 18.2 Å². The fourth-order valence-corrected chi connectivity index (χ4v) is 3.33. The van der Waals surface area contributed by atoms with Crippen LogP contribution in [0.1, 0.15) is 23.3 Å². The van der Waals surface area contributed by atoms with Gasteiger partial charge in [0.2, 0.25) is 0 Å². The fourth-order valence-electron chi connectivity index (χ4n) is 2.51. The lowest BCUT2D eigenvalue weighted by Gasteiger charge is -2.19. The average Bonchev–Trinajstić information content (AvgIpc) is 3.31. The Labute approximate surface area is 139 Å². The van der Waals surface area contributed by atoms with Crippen molar-refractivity contribution < 1.29 is 14.6 Å². The molecule has 1 atom stereocenters. The monoisotopic (exact) mass is 332 g/mol. The minimum absolute atomic E-state index is 0.165. The molecule has 5 nitrogen and oxygen atoms in total. The molecule has 3 rings (SSSR count). The van der Waals surface area contributed by atoms with Gasteiger partial charge in [-0.15, -0.1) is 11.3 Å². The zero-order chi connectivity index (χ0) is 16.4. The Morgan fingerprint density at radius 2 is 2.22 bits per heavy atom. The highest BCUT2D eigenvalue weighted by Crippen LogP contribution is 2.33. The lowest BCUT2D eigenvalue weighted by molar-refractivity contribution is 0.0641. The van der Waals surface area contributed by atoms with Gasteiger partial charge >= 0.3 is 0 Å². The molecule has 0 aliphatic heterocycles. The van der Waals surface area contributed by atoms with Crippen molar-refractivity contribution in [3.8, 4) is 16.3 Å². The molecule has 2 aromatic rings. The van der Waals surface area contributed by atoms with Crippen LogP contribution in [0.15, 0.2) is 29.6 Å². The van der Waals surface area contributed by atoms with Gasteiger partial charge in [0.05, 0.1) is 18.8 Å². The van der Waals surface area contributed by atoms with Gasteiger partial charge in [0.1, 0.15) is 16.5 Å². The van der Waals surface area contributed by atoms with Crippen LogP contribution < -0.4 is 4.74 Å². The van der Waals surface area contributed by atoms with Crippen LogP contribution in [0.4, 0.5) is 0 Å². The Hall–Kier alpha value is -1.92. The second-order valence-electron chi connectivity index (χ2n) is 5.83. The molecule has 0 bridgehead atoms. The average molecular weight is 332 g/mol.